The van der Waals surface area contributed by atoms with Gasteiger partial charge in [0.15, 0.2) is 0 Å². The molecule has 2 heterocycles. The van der Waals surface area contributed by atoms with E-state index in [9.17, 15) is 0 Å². The molecule has 14 heteroatoms. The molecule has 0 saturated heterocycles. The number of fused-ring (bicyclic) bond motifs is 6. The summed E-state index contributed by atoms with van der Waals surface area (Å²) < 4.78 is 51.5. The summed E-state index contributed by atoms with van der Waals surface area (Å²) in [6.45, 7) is 0. The SMILES string of the molecule is COc1ccc(N(c2ccc(OC)cc2)c2ccc3c(c2)c2cc(N(c4ccc(OC)cc4)c4ccc(OC)cc4)ccc2n3C2C(c3ccccc3)C(c3ccccc3)C2n2c3ccc(N(c4ccc(OC)cc4)c4ccc(OC)cc4)cc3c3cc(N(c4ccc(OC)cc4)c4ccc(OC)cc4)ccc32)cc1. The fourth-order valence-electron chi connectivity index (χ4n) is 16.4. The number of anilines is 12. The van der Waals surface area contributed by atoms with E-state index in [1.807, 2.05) is 97.1 Å². The Bertz CT molecular complexity index is 5030. The first-order chi connectivity index (χ1) is 54.2. The second-order valence-electron chi connectivity index (χ2n) is 27.3. The van der Waals surface area contributed by atoms with E-state index < -0.39 is 0 Å². The van der Waals surface area contributed by atoms with E-state index in [1.165, 1.54) is 11.1 Å². The number of hydrogen-bond acceptors (Lipinski definition) is 12. The van der Waals surface area contributed by atoms with Crippen LogP contribution in [0.1, 0.15) is 35.0 Å². The smallest absolute Gasteiger partial charge is 0.119 e. The predicted octanol–water partition coefficient (Wildman–Crippen LogP) is 24.2. The van der Waals surface area contributed by atoms with Crippen molar-refractivity contribution in [1.82, 2.24) is 9.13 Å². The third-order valence-corrected chi connectivity index (χ3v) is 21.7. The second-order valence-corrected chi connectivity index (χ2v) is 27.3. The van der Waals surface area contributed by atoms with Gasteiger partial charge in [-0.15, -0.1) is 0 Å². The van der Waals surface area contributed by atoms with Crippen LogP contribution in [0, 0.1) is 0 Å². The molecule has 1 fully saturated rings. The van der Waals surface area contributed by atoms with Gasteiger partial charge in [0, 0.05) is 124 Å². The first kappa shape index (κ1) is 69.3. The molecule has 14 nitrogen and oxygen atoms in total. The lowest BCUT2D eigenvalue weighted by molar-refractivity contribution is 0.119. The summed E-state index contributed by atoms with van der Waals surface area (Å²) in [6, 6.07) is 116. The first-order valence-electron chi connectivity index (χ1n) is 36.7. The fraction of sp³-hybridized carbons (Fsp3) is 0.125. The molecular weight excluding hydrogens is 1370 g/mol. The van der Waals surface area contributed by atoms with Crippen LogP contribution in [-0.2, 0) is 0 Å². The molecule has 1 saturated carbocycles. The van der Waals surface area contributed by atoms with Crippen LogP contribution in [0.2, 0.25) is 0 Å². The molecule has 1 aliphatic carbocycles. The molecule has 0 aliphatic heterocycles. The van der Waals surface area contributed by atoms with Gasteiger partial charge in [-0.3, -0.25) is 0 Å². The average molecular weight is 1450 g/mol. The summed E-state index contributed by atoms with van der Waals surface area (Å²) in [4.78, 5) is 9.25. The highest BCUT2D eigenvalue weighted by atomic mass is 16.5. The molecule has 2 aromatic heterocycles. The zero-order chi connectivity index (χ0) is 74.9. The topological polar surface area (TPSA) is 96.7 Å². The second kappa shape index (κ2) is 29.9. The molecule has 0 bridgehead atoms. The van der Waals surface area contributed by atoms with Gasteiger partial charge >= 0.3 is 0 Å². The van der Waals surface area contributed by atoms with Gasteiger partial charge in [-0.25, -0.2) is 0 Å². The largest absolute Gasteiger partial charge is 0.497 e. The van der Waals surface area contributed by atoms with Crippen molar-refractivity contribution < 1.29 is 37.9 Å². The van der Waals surface area contributed by atoms with Gasteiger partial charge in [-0.05, 0) is 278 Å². The Hall–Kier alpha value is -13.7. The van der Waals surface area contributed by atoms with Gasteiger partial charge in [0.2, 0.25) is 0 Å². The molecule has 0 amide bonds. The molecule has 0 spiro atoms. The molecule has 544 valence electrons. The highest BCUT2D eigenvalue weighted by Gasteiger charge is 2.55. The normalized spacial score (nSPS) is 14.5. The Labute approximate surface area is 640 Å². The molecule has 4 unspecified atom stereocenters. The quantitative estimate of drug-likeness (QED) is 0.0576. The minimum Gasteiger partial charge on any atom is -0.497 e. The third-order valence-electron chi connectivity index (χ3n) is 21.7. The van der Waals surface area contributed by atoms with Crippen LogP contribution < -0.4 is 57.5 Å². The molecule has 17 rings (SSSR count). The molecule has 1 aliphatic rings. The average Bonchev–Trinajstić information content (AvgIpc) is 1.47. The molecule has 0 N–H and O–H groups in total. The van der Waals surface area contributed by atoms with Gasteiger partial charge in [-0.1, -0.05) is 60.7 Å². The summed E-state index contributed by atoms with van der Waals surface area (Å²) in [5.74, 6) is 6.01. The summed E-state index contributed by atoms with van der Waals surface area (Å²) in [5.41, 5.74) is 18.4. The maximum absolute atomic E-state index is 5.76. The minimum atomic E-state index is -0.221. The predicted molar refractivity (Wildman–Crippen MR) is 446 cm³/mol. The van der Waals surface area contributed by atoms with E-state index in [0.29, 0.717) is 0 Å². The van der Waals surface area contributed by atoms with Crippen molar-refractivity contribution in [2.75, 3.05) is 76.5 Å². The lowest BCUT2D eigenvalue weighted by Gasteiger charge is -2.54. The van der Waals surface area contributed by atoms with Crippen LogP contribution in [0.4, 0.5) is 68.2 Å². The maximum atomic E-state index is 5.76. The van der Waals surface area contributed by atoms with Crippen LogP contribution in [0.5, 0.6) is 46.0 Å². The number of ether oxygens (including phenoxy) is 8. The molecule has 14 aromatic carbocycles. The van der Waals surface area contributed by atoms with E-state index in [1.54, 1.807) is 56.9 Å². The summed E-state index contributed by atoms with van der Waals surface area (Å²) in [6.07, 6.45) is 0. The Balaban J connectivity index is 0.955. The number of hydrogen-bond donors (Lipinski definition) is 0. The van der Waals surface area contributed by atoms with E-state index in [4.69, 9.17) is 37.9 Å². The van der Waals surface area contributed by atoms with Crippen LogP contribution >= 0.6 is 0 Å². The van der Waals surface area contributed by atoms with E-state index in [2.05, 4.69) is 259 Å². The van der Waals surface area contributed by atoms with Crippen molar-refractivity contribution >= 4 is 112 Å². The monoisotopic (exact) mass is 1450 g/mol. The molecule has 110 heavy (non-hydrogen) atoms. The maximum Gasteiger partial charge on any atom is 0.119 e. The van der Waals surface area contributed by atoms with Gasteiger partial charge in [-0.2, -0.15) is 0 Å². The van der Waals surface area contributed by atoms with Crippen molar-refractivity contribution in [3.05, 3.63) is 339 Å². The molecule has 16 aromatic rings. The van der Waals surface area contributed by atoms with Crippen LogP contribution in [0.15, 0.2) is 328 Å². The Morgan fingerprint density at radius 3 is 0.518 bits per heavy atom. The standard InChI is InChI=1S/C96H82N6O8/c1-103-77-39-19-65(20-40-77)97(66-21-41-78(104-2)42-22-66)73-35-55-89-85(59-73)86-60-74(98(67-23-43-79(105-3)44-24-67)68-25-45-80(106-4)46-26-68)36-56-90(86)101(89)95-93(63-15-11-9-12-16-63)94(64-17-13-10-14-18-64)96(95)102-91-57-37-75(99(69-27-47-81(107-5)48-28-69)70-29-49-82(108-6)50-30-70)61-87(91)88-62-76(38-58-92(88)102)100(71-31-51-83(109-7)52-32-71)72-33-53-84(110-8)54-34-72/h9-62,93-96H,1-8H3. The van der Waals surface area contributed by atoms with Gasteiger partial charge in [0.1, 0.15) is 46.0 Å². The van der Waals surface area contributed by atoms with Crippen LogP contribution in [0.25, 0.3) is 43.6 Å². The zero-order valence-corrected chi connectivity index (χ0v) is 62.4. The first-order valence-corrected chi connectivity index (χ1v) is 36.7. The van der Waals surface area contributed by atoms with Crippen molar-refractivity contribution in [3.8, 4) is 46.0 Å². The van der Waals surface area contributed by atoms with Crippen molar-refractivity contribution in [3.63, 3.8) is 0 Å². The number of methoxy groups -OCH3 is 8. The third kappa shape index (κ3) is 12.7. The van der Waals surface area contributed by atoms with E-state index in [0.717, 1.165) is 158 Å². The summed E-state index contributed by atoms with van der Waals surface area (Å²) in [5, 5.41) is 4.32. The van der Waals surface area contributed by atoms with Crippen LogP contribution in [-0.4, -0.2) is 66.0 Å². The van der Waals surface area contributed by atoms with Crippen LogP contribution in [0.3, 0.4) is 0 Å². The Morgan fingerprint density at radius 1 is 0.191 bits per heavy atom. The van der Waals surface area contributed by atoms with E-state index >= 15 is 0 Å². The van der Waals surface area contributed by atoms with Gasteiger partial charge in [0.05, 0.1) is 69.0 Å². The van der Waals surface area contributed by atoms with Crippen molar-refractivity contribution in [2.24, 2.45) is 0 Å². The van der Waals surface area contributed by atoms with Crippen molar-refractivity contribution in [2.45, 2.75) is 23.9 Å². The highest BCUT2D eigenvalue weighted by Crippen LogP contribution is 2.66. The number of rotatable bonds is 24. The highest BCUT2D eigenvalue weighted by molar-refractivity contribution is 6.13. The number of nitrogens with zero attached hydrogens (tertiary/aromatic N) is 6. The number of benzene rings is 14. The van der Waals surface area contributed by atoms with Crippen molar-refractivity contribution in [1.29, 1.82) is 0 Å². The summed E-state index contributed by atoms with van der Waals surface area (Å²) in [7, 11) is 13.6. The molecule has 0 radical (unpaired) electrons. The summed E-state index contributed by atoms with van der Waals surface area (Å²) >= 11 is 0. The number of aromatic nitrogens is 2. The fourth-order valence-corrected chi connectivity index (χ4v) is 16.4. The zero-order valence-electron chi connectivity index (χ0n) is 62.4. The lowest BCUT2D eigenvalue weighted by Crippen LogP contribution is -2.45. The minimum absolute atomic E-state index is 0.0562. The molecular formula is C96H82N6O8. The Morgan fingerprint density at radius 2 is 0.355 bits per heavy atom. The lowest BCUT2D eigenvalue weighted by atomic mass is 9.59. The van der Waals surface area contributed by atoms with Gasteiger partial charge < -0.3 is 66.6 Å². The van der Waals surface area contributed by atoms with E-state index in [-0.39, 0.29) is 23.9 Å². The molecule has 4 atom stereocenters. The Kier molecular flexibility index (Phi) is 18.9. The van der Waals surface area contributed by atoms with Gasteiger partial charge in [0.25, 0.3) is 0 Å².